The Kier molecular flexibility index (Phi) is 3.50. The molecule has 4 aromatic carbocycles. The Morgan fingerprint density at radius 3 is 1.86 bits per heavy atom. The van der Waals surface area contributed by atoms with E-state index >= 15 is 0 Å². The highest BCUT2D eigenvalue weighted by molar-refractivity contribution is 6.19. The molecule has 0 bridgehead atoms. The molecule has 0 radical (unpaired) electrons. The van der Waals surface area contributed by atoms with E-state index in [2.05, 4.69) is 107 Å². The van der Waals surface area contributed by atoms with E-state index < -0.39 is 0 Å². The minimum Gasteiger partial charge on any atom is -0.310 e. The van der Waals surface area contributed by atoms with Crippen molar-refractivity contribution < 1.29 is 0 Å². The van der Waals surface area contributed by atoms with Crippen LogP contribution in [0.1, 0.15) is 0 Å². The molecule has 1 aliphatic carbocycles. The summed E-state index contributed by atoms with van der Waals surface area (Å²) in [6.07, 6.45) is 3.70. The predicted octanol–water partition coefficient (Wildman–Crippen LogP) is 7.35. The molecule has 136 valence electrons. The molecular weight excluding hydrogens is 352 g/mol. The van der Waals surface area contributed by atoms with Crippen molar-refractivity contribution in [3.8, 4) is 22.3 Å². The molecule has 1 aliphatic rings. The van der Waals surface area contributed by atoms with Crippen LogP contribution in [0.2, 0.25) is 0 Å². The number of benzene rings is 4. The molecule has 0 atom stereocenters. The third-order valence-electron chi connectivity index (χ3n) is 5.70. The topological polar surface area (TPSA) is 16.1 Å². The Labute approximate surface area is 169 Å². The number of aromatic nitrogens is 1. The van der Waals surface area contributed by atoms with Gasteiger partial charge in [0, 0.05) is 29.2 Å². The molecule has 29 heavy (non-hydrogen) atoms. The summed E-state index contributed by atoms with van der Waals surface area (Å²) in [6.45, 7) is 0. The van der Waals surface area contributed by atoms with Crippen molar-refractivity contribution >= 4 is 27.8 Å². The summed E-state index contributed by atoms with van der Waals surface area (Å²) >= 11 is 0. The molecule has 0 saturated carbocycles. The number of hydrogen-bond acceptors (Lipinski definition) is 2. The second-order valence-corrected chi connectivity index (χ2v) is 7.28. The maximum atomic E-state index is 4.22. The van der Waals surface area contributed by atoms with Crippen molar-refractivity contribution in [2.24, 2.45) is 0 Å². The van der Waals surface area contributed by atoms with E-state index in [1.165, 1.54) is 38.7 Å². The molecule has 0 aliphatic heterocycles. The lowest BCUT2D eigenvalue weighted by Crippen LogP contribution is -2.10. The van der Waals surface area contributed by atoms with Gasteiger partial charge in [-0.3, -0.25) is 4.98 Å². The van der Waals surface area contributed by atoms with E-state index in [0.717, 1.165) is 11.4 Å². The summed E-state index contributed by atoms with van der Waals surface area (Å²) in [5.41, 5.74) is 8.68. The van der Waals surface area contributed by atoms with Crippen molar-refractivity contribution in [3.05, 3.63) is 109 Å². The Balaban J connectivity index is 1.67. The van der Waals surface area contributed by atoms with Gasteiger partial charge in [-0.2, -0.15) is 0 Å². The third kappa shape index (κ3) is 2.39. The maximum absolute atomic E-state index is 4.22. The fourth-order valence-electron chi connectivity index (χ4n) is 4.49. The van der Waals surface area contributed by atoms with E-state index in [1.807, 2.05) is 12.4 Å². The second kappa shape index (κ2) is 6.32. The Morgan fingerprint density at radius 1 is 0.483 bits per heavy atom. The largest absolute Gasteiger partial charge is 0.310 e. The maximum Gasteiger partial charge on any atom is 0.0540 e. The van der Waals surface area contributed by atoms with Crippen LogP contribution in [0, 0.1) is 0 Å². The summed E-state index contributed by atoms with van der Waals surface area (Å²) in [7, 11) is 0. The first kappa shape index (κ1) is 16.1. The van der Waals surface area contributed by atoms with Crippen LogP contribution >= 0.6 is 0 Å². The molecule has 5 aromatic rings. The van der Waals surface area contributed by atoms with Crippen LogP contribution in [0.15, 0.2) is 109 Å². The van der Waals surface area contributed by atoms with Gasteiger partial charge in [-0.05, 0) is 58.0 Å². The molecule has 0 spiro atoms. The SMILES string of the molecule is c1ccc(N(c2ccncc2)c2ccc3c4c(cccc24)-c2ccccc2-3)cc1. The van der Waals surface area contributed by atoms with Crippen molar-refractivity contribution in [2.75, 3.05) is 4.90 Å². The molecule has 0 saturated heterocycles. The summed E-state index contributed by atoms with van der Waals surface area (Å²) in [4.78, 5) is 6.53. The molecule has 0 unspecified atom stereocenters. The highest BCUT2D eigenvalue weighted by Gasteiger charge is 2.24. The quantitative estimate of drug-likeness (QED) is 0.324. The van der Waals surface area contributed by atoms with Gasteiger partial charge < -0.3 is 4.90 Å². The fourth-order valence-corrected chi connectivity index (χ4v) is 4.49. The van der Waals surface area contributed by atoms with Gasteiger partial charge in [0.2, 0.25) is 0 Å². The van der Waals surface area contributed by atoms with Crippen molar-refractivity contribution in [2.45, 2.75) is 0 Å². The number of rotatable bonds is 3. The zero-order valence-corrected chi connectivity index (χ0v) is 15.8. The third-order valence-corrected chi connectivity index (χ3v) is 5.70. The molecule has 6 rings (SSSR count). The van der Waals surface area contributed by atoms with E-state index in [4.69, 9.17) is 0 Å². The van der Waals surface area contributed by atoms with E-state index in [-0.39, 0.29) is 0 Å². The van der Waals surface area contributed by atoms with Gasteiger partial charge in [0.05, 0.1) is 5.69 Å². The average molecular weight is 370 g/mol. The number of fused-ring (bicyclic) bond motifs is 3. The first-order chi connectivity index (χ1) is 14.4. The Morgan fingerprint density at radius 2 is 1.10 bits per heavy atom. The van der Waals surface area contributed by atoms with Crippen molar-refractivity contribution in [1.82, 2.24) is 4.98 Å². The number of nitrogens with zero attached hydrogens (tertiary/aromatic N) is 2. The second-order valence-electron chi connectivity index (χ2n) is 7.28. The minimum atomic E-state index is 1.10. The number of para-hydroxylation sites is 1. The number of pyridine rings is 1. The lowest BCUT2D eigenvalue weighted by molar-refractivity contribution is 1.25. The fraction of sp³-hybridized carbons (Fsp3) is 0. The molecule has 1 aromatic heterocycles. The first-order valence-electron chi connectivity index (χ1n) is 9.82. The normalized spacial score (nSPS) is 11.4. The van der Waals surface area contributed by atoms with E-state index in [9.17, 15) is 0 Å². The number of anilines is 3. The lowest BCUT2D eigenvalue weighted by Gasteiger charge is -2.27. The van der Waals surface area contributed by atoms with Crippen LogP contribution in [0.4, 0.5) is 17.1 Å². The van der Waals surface area contributed by atoms with Crippen molar-refractivity contribution in [3.63, 3.8) is 0 Å². The zero-order valence-electron chi connectivity index (χ0n) is 15.8. The average Bonchev–Trinajstić information content (AvgIpc) is 3.13. The van der Waals surface area contributed by atoms with Gasteiger partial charge in [-0.15, -0.1) is 0 Å². The van der Waals surface area contributed by atoms with E-state index in [1.54, 1.807) is 0 Å². The summed E-state index contributed by atoms with van der Waals surface area (Å²) < 4.78 is 0. The van der Waals surface area contributed by atoms with Crippen LogP contribution in [0.25, 0.3) is 33.0 Å². The van der Waals surface area contributed by atoms with Gasteiger partial charge in [0.15, 0.2) is 0 Å². The molecule has 0 amide bonds. The van der Waals surface area contributed by atoms with Crippen molar-refractivity contribution in [1.29, 1.82) is 0 Å². The van der Waals surface area contributed by atoms with Crippen LogP contribution in [-0.2, 0) is 0 Å². The molecular formula is C27H18N2. The highest BCUT2D eigenvalue weighted by Crippen LogP contribution is 2.50. The summed E-state index contributed by atoms with van der Waals surface area (Å²) in [5.74, 6) is 0. The molecule has 2 heteroatoms. The molecule has 0 N–H and O–H groups in total. The van der Waals surface area contributed by atoms with Gasteiger partial charge in [0.25, 0.3) is 0 Å². The van der Waals surface area contributed by atoms with Crippen LogP contribution in [-0.4, -0.2) is 4.98 Å². The minimum absolute atomic E-state index is 1.10. The smallest absolute Gasteiger partial charge is 0.0540 e. The Hall–Kier alpha value is -3.91. The Bertz CT molecular complexity index is 1270. The van der Waals surface area contributed by atoms with Crippen LogP contribution in [0.3, 0.4) is 0 Å². The van der Waals surface area contributed by atoms with Crippen LogP contribution < -0.4 is 4.90 Å². The lowest BCUT2D eigenvalue weighted by atomic mass is 10.0. The first-order valence-corrected chi connectivity index (χ1v) is 9.82. The van der Waals surface area contributed by atoms with Gasteiger partial charge >= 0.3 is 0 Å². The highest BCUT2D eigenvalue weighted by atomic mass is 15.1. The van der Waals surface area contributed by atoms with Gasteiger partial charge in [-0.25, -0.2) is 0 Å². The molecule has 2 nitrogen and oxygen atoms in total. The standard InChI is InChI=1S/C27H18N2/c1-2-7-19(8-3-1)29(20-15-17-28-18-16-20)26-14-13-24-22-10-5-4-9-21(22)23-11-6-12-25(26)27(23)24/h1-18H. The molecule has 1 heterocycles. The van der Waals surface area contributed by atoms with Gasteiger partial charge in [-0.1, -0.05) is 66.7 Å². The van der Waals surface area contributed by atoms with Gasteiger partial charge in [0.1, 0.15) is 0 Å². The van der Waals surface area contributed by atoms with Crippen LogP contribution in [0.5, 0.6) is 0 Å². The molecule has 0 fully saturated rings. The zero-order chi connectivity index (χ0) is 19.2. The predicted molar refractivity (Wildman–Crippen MR) is 121 cm³/mol. The monoisotopic (exact) mass is 370 g/mol. The number of hydrogen-bond donors (Lipinski definition) is 0. The summed E-state index contributed by atoms with van der Waals surface area (Å²) in [5, 5.41) is 2.60. The van der Waals surface area contributed by atoms with E-state index in [0.29, 0.717) is 0 Å². The summed E-state index contributed by atoms with van der Waals surface area (Å²) in [6, 6.07) is 34.5.